The third-order valence-electron chi connectivity index (χ3n) is 24.0. The summed E-state index contributed by atoms with van der Waals surface area (Å²) in [5.41, 5.74) is 2.37. The van der Waals surface area contributed by atoms with E-state index in [0.29, 0.717) is 21.7 Å². The molecule has 7 atom stereocenters. The quantitative estimate of drug-likeness (QED) is 0.143. The molecule has 0 amide bonds. The molecule has 0 aliphatic heterocycles. The fourth-order valence-electron chi connectivity index (χ4n) is 13.3. The highest BCUT2D eigenvalue weighted by Gasteiger charge is 2.43. The molecule has 0 radical (unpaired) electrons. The van der Waals surface area contributed by atoms with Crippen LogP contribution in [0.4, 0.5) is 0 Å². The summed E-state index contributed by atoms with van der Waals surface area (Å²) in [6, 6.07) is 0. The average molecular weight is 1300 g/mol. The van der Waals surface area contributed by atoms with Gasteiger partial charge in [-0.3, -0.25) is 0 Å². The predicted molar refractivity (Wildman–Crippen MR) is 436 cm³/mol. The maximum Gasteiger partial charge on any atom is -0.0323 e. The molecule has 0 spiro atoms. The molecular formula is C92H196. The number of rotatable bonds is 15. The van der Waals surface area contributed by atoms with Crippen molar-refractivity contribution in [3.63, 3.8) is 0 Å². The summed E-state index contributed by atoms with van der Waals surface area (Å²) in [6.45, 7) is 83.1. The second-order valence-electron chi connectivity index (χ2n) is 37.6. The fourth-order valence-corrected chi connectivity index (χ4v) is 13.3. The van der Waals surface area contributed by atoms with E-state index in [9.17, 15) is 0 Å². The highest BCUT2D eigenvalue weighted by Crippen LogP contribution is 2.53. The first-order chi connectivity index (χ1) is 42.6. The molecule has 7 aliphatic carbocycles. The van der Waals surface area contributed by atoms with Crippen LogP contribution in [-0.4, -0.2) is 0 Å². The van der Waals surface area contributed by atoms with E-state index in [1.807, 2.05) is 0 Å². The molecule has 5 unspecified atom stereocenters. The Morgan fingerprint density at radius 3 is 0.859 bits per heavy atom. The summed E-state index contributed by atoms with van der Waals surface area (Å²) in [5.74, 6) is 15.6. The van der Waals surface area contributed by atoms with Crippen molar-refractivity contribution in [2.75, 3.05) is 0 Å². The molecule has 92 heavy (non-hydrogen) atoms. The van der Waals surface area contributed by atoms with Crippen LogP contribution in [0.1, 0.15) is 480 Å². The van der Waals surface area contributed by atoms with Crippen molar-refractivity contribution in [1.29, 1.82) is 0 Å². The first-order valence-electron chi connectivity index (χ1n) is 42.6. The minimum atomic E-state index is 0.542. The van der Waals surface area contributed by atoms with Gasteiger partial charge in [-0.25, -0.2) is 0 Å². The predicted octanol–water partition coefficient (Wildman–Crippen LogP) is 34.5. The standard InChI is InChI=1S/C10H20.3C8H16.2C7H14.2C7H16.C6H12.4C6H14/c1-8-9(2,3)6-7-10(8,4)5;1-6-4-7(2)8(3)5-6;1-7-5-4-6-8(7,2)3;1-6-4-5-7(2)8(6)3;1-6-4-3-5-7(6)2;1-7-5-3-2-4-6-7;1-4-5-6-7(2)3;1-3-5-7-6-4-2;1-2-3-6-4-5-6;1-5-6(2,3)4;2*1-4-5-6(2)3;1-4-6(3)5-2/h8H,6-7H2,1-5H3;6-8H,4-5H2,1-3H3;7H,4-6H2,1-3H3;6-8H,4-5H2,1-3H3;6-7H,3-5H2,1-2H3;7H,2-6H2,1H3;7H,4-6H2,1-3H3;3-7H2,1-2H3;6H,2-5H2,1H3;5H2,1-4H3;3*6H,4-5H2,1-3H3/t;;7-;;6-,7?;;;;;;;;/m..1.1......../s1. The summed E-state index contributed by atoms with van der Waals surface area (Å²) in [7, 11) is 0. The van der Waals surface area contributed by atoms with Gasteiger partial charge in [-0.2, -0.15) is 0 Å². The Bertz CT molecular complexity index is 1350. The molecule has 0 nitrogen and oxygen atoms in total. The molecule has 0 bridgehead atoms. The van der Waals surface area contributed by atoms with Crippen molar-refractivity contribution in [2.24, 2.45) is 116 Å². The van der Waals surface area contributed by atoms with Crippen LogP contribution in [0, 0.1) is 116 Å². The van der Waals surface area contributed by atoms with Crippen molar-refractivity contribution in [2.45, 2.75) is 480 Å². The monoisotopic (exact) mass is 1300 g/mol. The normalized spacial score (nSPS) is 25.5. The van der Waals surface area contributed by atoms with Crippen molar-refractivity contribution >= 4 is 0 Å². The van der Waals surface area contributed by atoms with Crippen LogP contribution < -0.4 is 0 Å². The van der Waals surface area contributed by atoms with Gasteiger partial charge in [-0.05, 0) is 148 Å². The fraction of sp³-hybridized carbons (Fsp3) is 1.00. The molecule has 0 heteroatoms. The Morgan fingerprint density at radius 1 is 0.348 bits per heavy atom. The van der Waals surface area contributed by atoms with E-state index >= 15 is 0 Å². The summed E-state index contributed by atoms with van der Waals surface area (Å²) < 4.78 is 0. The van der Waals surface area contributed by atoms with Gasteiger partial charge in [0.05, 0.1) is 0 Å². The van der Waals surface area contributed by atoms with Crippen LogP contribution in [-0.2, 0) is 0 Å². The number of hydrogen-bond donors (Lipinski definition) is 0. The molecule has 7 rings (SSSR count). The van der Waals surface area contributed by atoms with Gasteiger partial charge in [0.2, 0.25) is 0 Å². The Kier molecular flexibility index (Phi) is 70.8. The van der Waals surface area contributed by atoms with Crippen LogP contribution in [0.25, 0.3) is 0 Å². The van der Waals surface area contributed by atoms with Gasteiger partial charge in [0.15, 0.2) is 0 Å². The zero-order valence-electron chi connectivity index (χ0n) is 72.7. The van der Waals surface area contributed by atoms with E-state index in [1.165, 1.54) is 231 Å². The second-order valence-corrected chi connectivity index (χ2v) is 37.6. The molecule has 0 aromatic rings. The zero-order valence-corrected chi connectivity index (χ0v) is 72.7. The minimum absolute atomic E-state index is 0.542. The van der Waals surface area contributed by atoms with Gasteiger partial charge in [0.25, 0.3) is 0 Å². The first-order valence-corrected chi connectivity index (χ1v) is 42.6. The molecule has 7 aliphatic rings. The summed E-state index contributed by atoms with van der Waals surface area (Å²) >= 11 is 0. The lowest BCUT2D eigenvalue weighted by Crippen LogP contribution is -2.24. The van der Waals surface area contributed by atoms with Gasteiger partial charge in [0.1, 0.15) is 0 Å². The molecule has 0 aromatic carbocycles. The van der Waals surface area contributed by atoms with Crippen LogP contribution in [0.2, 0.25) is 0 Å². The van der Waals surface area contributed by atoms with Crippen LogP contribution >= 0.6 is 0 Å². The number of unbranched alkanes of at least 4 members (excludes halogenated alkanes) is 5. The third kappa shape index (κ3) is 68.5. The molecule has 7 saturated carbocycles. The first kappa shape index (κ1) is 103. The summed E-state index contributed by atoms with van der Waals surface area (Å²) in [6.07, 6.45) is 51.3. The lowest BCUT2D eigenvalue weighted by molar-refractivity contribution is 0.179. The SMILES string of the molecule is CC1C(C)(C)CCC1(C)C.CC1CC(C)C(C)C1.CC1CCC(C)C1C.CC1CCCCC1.CC1CCC[C@H]1C.CCC(C)(C)C.CCC(C)CC.CCCC(C)C.CCCC(C)C.CCCC1CC1.CCCCC(C)C.CCCCCCC.C[C@@H]1CCCC1(C)C. The smallest absolute Gasteiger partial charge is 0.0323 e. The second kappa shape index (κ2) is 63.2. The molecular weight excluding hydrogens is 1110 g/mol. The maximum absolute atomic E-state index is 2.40. The Labute approximate surface area is 593 Å². The minimum Gasteiger partial charge on any atom is -0.0654 e. The average Bonchev–Trinajstić information content (AvgIpc) is 1.69. The van der Waals surface area contributed by atoms with Crippen molar-refractivity contribution in [1.82, 2.24) is 0 Å². The molecule has 7 fully saturated rings. The Morgan fingerprint density at radius 2 is 0.739 bits per heavy atom. The molecule has 0 N–H and O–H groups in total. The van der Waals surface area contributed by atoms with Crippen LogP contribution in [0.5, 0.6) is 0 Å². The summed E-state index contributed by atoms with van der Waals surface area (Å²) in [4.78, 5) is 0. The third-order valence-corrected chi connectivity index (χ3v) is 24.0. The van der Waals surface area contributed by atoms with Crippen LogP contribution in [0.15, 0.2) is 0 Å². The summed E-state index contributed by atoms with van der Waals surface area (Å²) in [5, 5.41) is 0. The Balaban J connectivity index is -0.000000218. The largest absolute Gasteiger partial charge is 0.0654 e. The lowest BCUT2D eigenvalue weighted by Gasteiger charge is -2.31. The molecule has 0 heterocycles. The number of hydrogen-bond acceptors (Lipinski definition) is 0. The lowest BCUT2D eigenvalue weighted by atomic mass is 9.74. The Hall–Kier alpha value is 0. The van der Waals surface area contributed by atoms with Crippen molar-refractivity contribution in [3.05, 3.63) is 0 Å². The van der Waals surface area contributed by atoms with Gasteiger partial charge in [-0.15, -0.1) is 0 Å². The highest BCUT2D eigenvalue weighted by molar-refractivity contribution is 4.93. The van der Waals surface area contributed by atoms with E-state index in [2.05, 4.69) is 249 Å². The van der Waals surface area contributed by atoms with Gasteiger partial charge >= 0.3 is 0 Å². The van der Waals surface area contributed by atoms with Crippen LogP contribution in [0.3, 0.4) is 0 Å². The highest BCUT2D eigenvalue weighted by atomic mass is 14.5. The molecule has 0 aromatic heterocycles. The zero-order chi connectivity index (χ0) is 72.7. The van der Waals surface area contributed by atoms with E-state index < -0.39 is 0 Å². The van der Waals surface area contributed by atoms with Crippen molar-refractivity contribution in [3.8, 4) is 0 Å². The van der Waals surface area contributed by atoms with E-state index in [0.717, 1.165) is 94.7 Å². The van der Waals surface area contributed by atoms with Gasteiger partial charge in [0, 0.05) is 0 Å². The molecule has 564 valence electrons. The van der Waals surface area contributed by atoms with E-state index in [1.54, 1.807) is 0 Å². The van der Waals surface area contributed by atoms with Gasteiger partial charge < -0.3 is 0 Å². The van der Waals surface area contributed by atoms with E-state index in [4.69, 9.17) is 0 Å². The van der Waals surface area contributed by atoms with E-state index in [-0.39, 0.29) is 0 Å². The van der Waals surface area contributed by atoms with Gasteiger partial charge in [-0.1, -0.05) is 448 Å². The maximum atomic E-state index is 2.40. The molecule has 0 saturated heterocycles. The van der Waals surface area contributed by atoms with Crippen molar-refractivity contribution < 1.29 is 0 Å². The topological polar surface area (TPSA) is 0 Å².